The summed E-state index contributed by atoms with van der Waals surface area (Å²) in [5.41, 5.74) is -1.09. The normalized spacial score (nSPS) is 17.0. The van der Waals surface area contributed by atoms with Gasteiger partial charge in [-0.2, -0.15) is 4.99 Å². The zero-order valence-electron chi connectivity index (χ0n) is 7.56. The highest BCUT2D eigenvalue weighted by Gasteiger charge is 2.47. The molecule has 1 aromatic carbocycles. The lowest BCUT2D eigenvalue weighted by Crippen LogP contribution is -2.07. The van der Waals surface area contributed by atoms with Crippen molar-refractivity contribution in [3.8, 4) is 0 Å². The van der Waals surface area contributed by atoms with Gasteiger partial charge in [0, 0.05) is 11.6 Å². The van der Waals surface area contributed by atoms with Gasteiger partial charge in [-0.05, 0) is 18.9 Å². The van der Waals surface area contributed by atoms with Crippen LogP contribution in [0, 0.1) is 17.5 Å². The Hall–Kier alpha value is -1.61. The largest absolute Gasteiger partial charge is 0.235 e. The van der Waals surface area contributed by atoms with Crippen molar-refractivity contribution in [3.63, 3.8) is 0 Å². The molecule has 15 heavy (non-hydrogen) atoms. The van der Waals surface area contributed by atoms with Crippen LogP contribution in [-0.4, -0.2) is 6.08 Å². The van der Waals surface area contributed by atoms with Crippen molar-refractivity contribution in [2.45, 2.75) is 18.4 Å². The first-order valence-corrected chi connectivity index (χ1v) is 4.33. The molecule has 0 aliphatic heterocycles. The third-order valence-corrected chi connectivity index (χ3v) is 2.49. The second kappa shape index (κ2) is 3.21. The molecule has 0 aromatic heterocycles. The van der Waals surface area contributed by atoms with Crippen LogP contribution in [0.5, 0.6) is 0 Å². The van der Waals surface area contributed by atoms with Crippen LogP contribution in [0.4, 0.5) is 13.2 Å². The zero-order chi connectivity index (χ0) is 11.1. The molecule has 5 heteroatoms. The molecular weight excluding hydrogens is 207 g/mol. The average Bonchev–Trinajstić information content (AvgIpc) is 2.93. The number of isocyanates is 1. The van der Waals surface area contributed by atoms with E-state index in [0.717, 1.165) is 6.07 Å². The molecule has 0 spiro atoms. The van der Waals surface area contributed by atoms with Crippen LogP contribution in [0.2, 0.25) is 0 Å². The maximum absolute atomic E-state index is 13.3. The minimum absolute atomic E-state index is 0.0789. The fourth-order valence-corrected chi connectivity index (χ4v) is 1.53. The molecule has 1 fully saturated rings. The van der Waals surface area contributed by atoms with E-state index < -0.39 is 23.0 Å². The summed E-state index contributed by atoms with van der Waals surface area (Å²) >= 11 is 0. The lowest BCUT2D eigenvalue weighted by molar-refractivity contribution is 0.482. The summed E-state index contributed by atoms with van der Waals surface area (Å²) in [4.78, 5) is 13.5. The molecule has 0 amide bonds. The maximum atomic E-state index is 13.3. The van der Waals surface area contributed by atoms with Crippen molar-refractivity contribution in [3.05, 3.63) is 35.1 Å². The van der Waals surface area contributed by atoms with E-state index in [-0.39, 0.29) is 5.56 Å². The van der Waals surface area contributed by atoms with Crippen molar-refractivity contribution in [1.82, 2.24) is 0 Å². The van der Waals surface area contributed by atoms with E-state index in [4.69, 9.17) is 0 Å². The van der Waals surface area contributed by atoms with Crippen molar-refractivity contribution in [2.75, 3.05) is 0 Å². The van der Waals surface area contributed by atoms with Crippen LogP contribution in [0.15, 0.2) is 17.1 Å². The number of nitrogens with zero attached hydrogens (tertiary/aromatic N) is 1. The molecule has 0 unspecified atom stereocenters. The Kier molecular flexibility index (Phi) is 2.12. The fraction of sp³-hybridized carbons (Fsp3) is 0.300. The van der Waals surface area contributed by atoms with Gasteiger partial charge in [0.05, 0.1) is 0 Å². The summed E-state index contributed by atoms with van der Waals surface area (Å²) in [5, 5.41) is 0. The smallest absolute Gasteiger partial charge is 0.211 e. The minimum atomic E-state index is -1.25. The summed E-state index contributed by atoms with van der Waals surface area (Å²) in [7, 11) is 0. The molecule has 78 valence electrons. The fourth-order valence-electron chi connectivity index (χ4n) is 1.53. The molecule has 1 aliphatic carbocycles. The van der Waals surface area contributed by atoms with Crippen LogP contribution in [-0.2, 0) is 10.3 Å². The molecule has 2 rings (SSSR count). The monoisotopic (exact) mass is 213 g/mol. The number of halogens is 3. The molecule has 0 atom stereocenters. The molecule has 1 aromatic rings. The Labute approximate surface area is 83.4 Å². The third-order valence-electron chi connectivity index (χ3n) is 2.49. The molecule has 0 heterocycles. The lowest BCUT2D eigenvalue weighted by atomic mass is 10.0. The zero-order valence-corrected chi connectivity index (χ0v) is 7.56. The van der Waals surface area contributed by atoms with Crippen molar-refractivity contribution in [1.29, 1.82) is 0 Å². The molecule has 1 saturated carbocycles. The van der Waals surface area contributed by atoms with Gasteiger partial charge in [0.15, 0.2) is 11.6 Å². The second-order valence-corrected chi connectivity index (χ2v) is 3.48. The van der Waals surface area contributed by atoms with E-state index >= 15 is 0 Å². The highest BCUT2D eigenvalue weighted by atomic mass is 19.2. The summed E-state index contributed by atoms with van der Waals surface area (Å²) in [6.45, 7) is 0. The van der Waals surface area contributed by atoms with Crippen LogP contribution in [0.1, 0.15) is 18.4 Å². The number of hydrogen-bond donors (Lipinski definition) is 0. The van der Waals surface area contributed by atoms with Crippen LogP contribution in [0.25, 0.3) is 0 Å². The maximum Gasteiger partial charge on any atom is 0.235 e. The van der Waals surface area contributed by atoms with Gasteiger partial charge in [-0.3, -0.25) is 0 Å². The Morgan fingerprint density at radius 1 is 1.13 bits per heavy atom. The van der Waals surface area contributed by atoms with Gasteiger partial charge in [0.1, 0.15) is 11.4 Å². The first-order chi connectivity index (χ1) is 7.09. The summed E-state index contributed by atoms with van der Waals surface area (Å²) in [5.74, 6) is -3.27. The highest BCUT2D eigenvalue weighted by Crippen LogP contribution is 2.50. The average molecular weight is 213 g/mol. The topological polar surface area (TPSA) is 29.4 Å². The van der Waals surface area contributed by atoms with Gasteiger partial charge in [0.25, 0.3) is 0 Å². The Morgan fingerprint density at radius 3 is 2.27 bits per heavy atom. The second-order valence-electron chi connectivity index (χ2n) is 3.48. The minimum Gasteiger partial charge on any atom is -0.211 e. The molecule has 1 aliphatic rings. The number of rotatable bonds is 2. The summed E-state index contributed by atoms with van der Waals surface area (Å²) < 4.78 is 38.8. The van der Waals surface area contributed by atoms with E-state index in [9.17, 15) is 18.0 Å². The van der Waals surface area contributed by atoms with E-state index in [1.54, 1.807) is 0 Å². The van der Waals surface area contributed by atoms with Crippen molar-refractivity contribution in [2.24, 2.45) is 4.99 Å². The molecule has 0 saturated heterocycles. The third kappa shape index (κ3) is 1.55. The number of benzene rings is 1. The number of hydrogen-bond acceptors (Lipinski definition) is 2. The van der Waals surface area contributed by atoms with Gasteiger partial charge >= 0.3 is 0 Å². The lowest BCUT2D eigenvalue weighted by Gasteiger charge is -2.09. The molecule has 0 N–H and O–H groups in total. The highest BCUT2D eigenvalue weighted by molar-refractivity contribution is 5.41. The van der Waals surface area contributed by atoms with Crippen LogP contribution < -0.4 is 0 Å². The SMILES string of the molecule is O=C=NC1(c2cc(F)c(F)cc2F)CC1. The first kappa shape index (κ1) is 9.93. The Bertz CT molecular complexity index is 462. The van der Waals surface area contributed by atoms with Gasteiger partial charge in [-0.25, -0.2) is 18.0 Å². The molecule has 2 nitrogen and oxygen atoms in total. The van der Waals surface area contributed by atoms with Gasteiger partial charge in [-0.15, -0.1) is 0 Å². The van der Waals surface area contributed by atoms with Crippen LogP contribution in [0.3, 0.4) is 0 Å². The van der Waals surface area contributed by atoms with E-state index in [2.05, 4.69) is 4.99 Å². The summed E-state index contributed by atoms with van der Waals surface area (Å²) in [6, 6.07) is 1.21. The Morgan fingerprint density at radius 2 is 1.73 bits per heavy atom. The van der Waals surface area contributed by atoms with E-state index in [1.807, 2.05) is 0 Å². The number of carbonyl (C=O) groups excluding carboxylic acids is 1. The quantitative estimate of drug-likeness (QED) is 0.421. The van der Waals surface area contributed by atoms with Gasteiger partial charge in [-0.1, -0.05) is 0 Å². The first-order valence-electron chi connectivity index (χ1n) is 4.33. The van der Waals surface area contributed by atoms with Gasteiger partial charge in [0.2, 0.25) is 6.08 Å². The van der Waals surface area contributed by atoms with Crippen molar-refractivity contribution < 1.29 is 18.0 Å². The predicted molar refractivity (Wildman–Crippen MR) is 45.3 cm³/mol. The number of aliphatic imine (C=N–C) groups is 1. The molecule has 0 radical (unpaired) electrons. The standard InChI is InChI=1S/C10H6F3NO/c11-7-4-9(13)8(12)3-6(7)10(1-2-10)14-5-15/h3-4H,1-2H2. The van der Waals surface area contributed by atoms with Crippen LogP contribution >= 0.6 is 0 Å². The predicted octanol–water partition coefficient (Wildman–Crippen LogP) is 2.43. The Balaban J connectivity index is 2.54. The molecular formula is C10H6F3NO. The van der Waals surface area contributed by atoms with Crippen molar-refractivity contribution >= 4 is 6.08 Å². The van der Waals surface area contributed by atoms with E-state index in [1.165, 1.54) is 6.08 Å². The van der Waals surface area contributed by atoms with E-state index in [0.29, 0.717) is 18.9 Å². The van der Waals surface area contributed by atoms with Gasteiger partial charge < -0.3 is 0 Å². The summed E-state index contributed by atoms with van der Waals surface area (Å²) in [6.07, 6.45) is 2.22. The molecule has 0 bridgehead atoms.